The Morgan fingerprint density at radius 2 is 2.18 bits per heavy atom. The standard InChI is InChI=1S/C13H17N3O/c1-2-16-9-11(8-15-16)7-14-13-6-4-3-5-12(13)10-17/h3-6,8-9,14,17H,2,7,10H2,1H3. The number of hydrogen-bond acceptors (Lipinski definition) is 3. The van der Waals surface area contributed by atoms with Crippen LogP contribution < -0.4 is 5.32 Å². The van der Waals surface area contributed by atoms with Crippen LogP contribution in [0.1, 0.15) is 18.1 Å². The number of para-hydroxylation sites is 1. The summed E-state index contributed by atoms with van der Waals surface area (Å²) in [4.78, 5) is 0. The maximum atomic E-state index is 9.20. The smallest absolute Gasteiger partial charge is 0.0701 e. The van der Waals surface area contributed by atoms with Gasteiger partial charge < -0.3 is 10.4 Å². The molecule has 1 heterocycles. The number of aryl methyl sites for hydroxylation is 1. The second-order valence-electron chi connectivity index (χ2n) is 3.87. The molecule has 1 aromatic carbocycles. The van der Waals surface area contributed by atoms with Gasteiger partial charge in [0.1, 0.15) is 0 Å². The largest absolute Gasteiger partial charge is 0.392 e. The number of rotatable bonds is 5. The Balaban J connectivity index is 2.01. The number of anilines is 1. The van der Waals surface area contributed by atoms with Crippen molar-refractivity contribution >= 4 is 5.69 Å². The molecule has 0 atom stereocenters. The predicted molar refractivity (Wildman–Crippen MR) is 67.6 cm³/mol. The second kappa shape index (κ2) is 5.50. The number of nitrogens with zero attached hydrogens (tertiary/aromatic N) is 2. The fraction of sp³-hybridized carbons (Fsp3) is 0.308. The molecular formula is C13H17N3O. The molecule has 0 spiro atoms. The first-order valence-corrected chi connectivity index (χ1v) is 5.77. The first-order chi connectivity index (χ1) is 8.33. The van der Waals surface area contributed by atoms with E-state index < -0.39 is 0 Å². The van der Waals surface area contributed by atoms with Gasteiger partial charge in [-0.05, 0) is 13.0 Å². The molecule has 0 aliphatic heterocycles. The lowest BCUT2D eigenvalue weighted by atomic mass is 10.2. The van der Waals surface area contributed by atoms with Crippen LogP contribution in [0.3, 0.4) is 0 Å². The van der Waals surface area contributed by atoms with E-state index in [1.807, 2.05) is 41.3 Å². The van der Waals surface area contributed by atoms with Crippen LogP contribution in [0.5, 0.6) is 0 Å². The highest BCUT2D eigenvalue weighted by Gasteiger charge is 2.01. The fourth-order valence-electron chi connectivity index (χ4n) is 1.70. The van der Waals surface area contributed by atoms with E-state index >= 15 is 0 Å². The number of aliphatic hydroxyl groups excluding tert-OH is 1. The molecule has 17 heavy (non-hydrogen) atoms. The van der Waals surface area contributed by atoms with Gasteiger partial charge in [0.25, 0.3) is 0 Å². The van der Waals surface area contributed by atoms with Gasteiger partial charge in [-0.3, -0.25) is 4.68 Å². The molecule has 4 nitrogen and oxygen atoms in total. The third-order valence-corrected chi connectivity index (χ3v) is 2.68. The minimum absolute atomic E-state index is 0.0530. The van der Waals surface area contributed by atoms with Crippen molar-refractivity contribution in [1.29, 1.82) is 0 Å². The van der Waals surface area contributed by atoms with Crippen molar-refractivity contribution in [2.24, 2.45) is 0 Å². The molecule has 0 fully saturated rings. The zero-order valence-electron chi connectivity index (χ0n) is 9.93. The molecule has 0 saturated heterocycles. The van der Waals surface area contributed by atoms with Gasteiger partial charge >= 0.3 is 0 Å². The van der Waals surface area contributed by atoms with Crippen LogP contribution in [-0.4, -0.2) is 14.9 Å². The predicted octanol–water partition coefficient (Wildman–Crippen LogP) is 2.01. The molecule has 0 amide bonds. The molecule has 0 aliphatic rings. The summed E-state index contributed by atoms with van der Waals surface area (Å²) in [5.74, 6) is 0. The van der Waals surface area contributed by atoms with Crippen molar-refractivity contribution < 1.29 is 5.11 Å². The zero-order chi connectivity index (χ0) is 12.1. The first-order valence-electron chi connectivity index (χ1n) is 5.77. The maximum Gasteiger partial charge on any atom is 0.0701 e. The highest BCUT2D eigenvalue weighted by Crippen LogP contribution is 2.15. The molecule has 0 bridgehead atoms. The van der Waals surface area contributed by atoms with E-state index in [0.29, 0.717) is 0 Å². The summed E-state index contributed by atoms with van der Waals surface area (Å²) in [6.45, 7) is 3.72. The molecule has 0 radical (unpaired) electrons. The highest BCUT2D eigenvalue weighted by molar-refractivity contribution is 5.50. The second-order valence-corrected chi connectivity index (χ2v) is 3.87. The Morgan fingerprint density at radius 1 is 1.35 bits per heavy atom. The molecule has 2 N–H and O–H groups in total. The van der Waals surface area contributed by atoms with Crippen molar-refractivity contribution in [2.45, 2.75) is 26.6 Å². The van der Waals surface area contributed by atoms with E-state index in [2.05, 4.69) is 17.3 Å². The topological polar surface area (TPSA) is 50.1 Å². The Hall–Kier alpha value is -1.81. The number of benzene rings is 1. The summed E-state index contributed by atoms with van der Waals surface area (Å²) in [5.41, 5.74) is 3.02. The Labute approximate surface area is 101 Å². The lowest BCUT2D eigenvalue weighted by Gasteiger charge is -2.08. The zero-order valence-corrected chi connectivity index (χ0v) is 9.93. The van der Waals surface area contributed by atoms with Crippen LogP contribution in [0.15, 0.2) is 36.7 Å². The lowest BCUT2D eigenvalue weighted by molar-refractivity contribution is 0.282. The average Bonchev–Trinajstić information content (AvgIpc) is 2.84. The summed E-state index contributed by atoms with van der Waals surface area (Å²) in [6.07, 6.45) is 3.88. The average molecular weight is 231 g/mol. The van der Waals surface area contributed by atoms with Gasteiger partial charge in [-0.15, -0.1) is 0 Å². The van der Waals surface area contributed by atoms with Crippen LogP contribution in [0, 0.1) is 0 Å². The van der Waals surface area contributed by atoms with Gasteiger partial charge in [0.2, 0.25) is 0 Å². The quantitative estimate of drug-likeness (QED) is 0.827. The SMILES string of the molecule is CCn1cc(CNc2ccccc2CO)cn1. The first kappa shape index (κ1) is 11.7. The van der Waals surface area contributed by atoms with Gasteiger partial charge in [0.15, 0.2) is 0 Å². The van der Waals surface area contributed by atoms with Crippen LogP contribution in [0.4, 0.5) is 5.69 Å². The van der Waals surface area contributed by atoms with Crippen LogP contribution in [-0.2, 0) is 19.7 Å². The van der Waals surface area contributed by atoms with Gasteiger partial charge in [0.05, 0.1) is 12.8 Å². The number of aromatic nitrogens is 2. The third-order valence-electron chi connectivity index (χ3n) is 2.68. The molecular weight excluding hydrogens is 214 g/mol. The molecule has 4 heteroatoms. The van der Waals surface area contributed by atoms with Gasteiger partial charge in [0, 0.05) is 36.1 Å². The van der Waals surface area contributed by atoms with E-state index in [4.69, 9.17) is 0 Å². The summed E-state index contributed by atoms with van der Waals surface area (Å²) in [7, 11) is 0. The van der Waals surface area contributed by atoms with E-state index in [1.54, 1.807) is 0 Å². The third kappa shape index (κ3) is 2.85. The van der Waals surface area contributed by atoms with Gasteiger partial charge in [-0.1, -0.05) is 18.2 Å². The van der Waals surface area contributed by atoms with Crippen molar-refractivity contribution in [3.63, 3.8) is 0 Å². The van der Waals surface area contributed by atoms with E-state index in [0.717, 1.165) is 29.9 Å². The number of aliphatic hydroxyl groups is 1. The monoisotopic (exact) mass is 231 g/mol. The minimum atomic E-state index is 0.0530. The Bertz CT molecular complexity index is 479. The van der Waals surface area contributed by atoms with E-state index in [-0.39, 0.29) is 6.61 Å². The van der Waals surface area contributed by atoms with Crippen molar-refractivity contribution in [3.05, 3.63) is 47.8 Å². The Kier molecular flexibility index (Phi) is 3.77. The highest BCUT2D eigenvalue weighted by atomic mass is 16.3. The number of hydrogen-bond donors (Lipinski definition) is 2. The van der Waals surface area contributed by atoms with Crippen LogP contribution in [0.25, 0.3) is 0 Å². The van der Waals surface area contributed by atoms with Crippen molar-refractivity contribution in [1.82, 2.24) is 9.78 Å². The summed E-state index contributed by atoms with van der Waals surface area (Å²) >= 11 is 0. The molecule has 1 aromatic heterocycles. The normalized spacial score (nSPS) is 10.5. The maximum absolute atomic E-state index is 9.20. The molecule has 90 valence electrons. The van der Waals surface area contributed by atoms with Crippen LogP contribution >= 0.6 is 0 Å². The van der Waals surface area contributed by atoms with Gasteiger partial charge in [-0.25, -0.2) is 0 Å². The fourth-order valence-corrected chi connectivity index (χ4v) is 1.70. The van der Waals surface area contributed by atoms with E-state index in [9.17, 15) is 5.11 Å². The molecule has 0 aliphatic carbocycles. The Morgan fingerprint density at radius 3 is 2.88 bits per heavy atom. The molecule has 2 rings (SSSR count). The van der Waals surface area contributed by atoms with Crippen molar-refractivity contribution in [3.8, 4) is 0 Å². The van der Waals surface area contributed by atoms with Crippen LogP contribution in [0.2, 0.25) is 0 Å². The molecule has 0 unspecified atom stereocenters. The summed E-state index contributed by atoms with van der Waals surface area (Å²) in [6, 6.07) is 7.76. The molecule has 2 aromatic rings. The van der Waals surface area contributed by atoms with Gasteiger partial charge in [-0.2, -0.15) is 5.10 Å². The summed E-state index contributed by atoms with van der Waals surface area (Å²) < 4.78 is 1.90. The number of nitrogens with one attached hydrogen (secondary N) is 1. The summed E-state index contributed by atoms with van der Waals surface area (Å²) in [5, 5.41) is 16.7. The molecule has 0 saturated carbocycles. The lowest BCUT2D eigenvalue weighted by Crippen LogP contribution is -2.01. The minimum Gasteiger partial charge on any atom is -0.392 e. The van der Waals surface area contributed by atoms with E-state index in [1.165, 1.54) is 0 Å². The van der Waals surface area contributed by atoms with Crippen molar-refractivity contribution in [2.75, 3.05) is 5.32 Å².